The topological polar surface area (TPSA) is 111 Å². The van der Waals surface area contributed by atoms with Gasteiger partial charge in [0.25, 0.3) is 0 Å². The molecule has 0 fully saturated rings. The highest BCUT2D eigenvalue weighted by atomic mass is 15.3. The number of hydrogen-bond acceptors (Lipinski definition) is 7. The van der Waals surface area contributed by atoms with Gasteiger partial charge in [-0.05, 0) is 6.92 Å². The molecule has 0 bridgehead atoms. The normalized spacial score (nSPS) is 12.6. The van der Waals surface area contributed by atoms with Gasteiger partial charge >= 0.3 is 0 Å². The Kier molecular flexibility index (Phi) is 2.95. The average Bonchev–Trinajstić information content (AvgIpc) is 3.06. The van der Waals surface area contributed by atoms with E-state index in [9.17, 15) is 0 Å². The number of nitrogens with one attached hydrogen (secondary N) is 2. The molecular weight excluding hydrogens is 258 g/mol. The third-order valence-corrected chi connectivity index (χ3v) is 3.01. The first-order valence-corrected chi connectivity index (χ1v) is 6.10. The quantitative estimate of drug-likeness (QED) is 0.463. The maximum Gasteiger partial charge on any atom is 0.180 e. The van der Waals surface area contributed by atoms with Gasteiger partial charge in [-0.1, -0.05) is 0 Å². The number of hydrazine groups is 1. The molecule has 9 heteroatoms. The van der Waals surface area contributed by atoms with E-state index >= 15 is 0 Å². The first-order chi connectivity index (χ1) is 9.69. The van der Waals surface area contributed by atoms with Crippen molar-refractivity contribution in [2.75, 3.05) is 10.7 Å². The Morgan fingerprint density at radius 3 is 2.95 bits per heavy atom. The van der Waals surface area contributed by atoms with Crippen LogP contribution in [-0.2, 0) is 7.05 Å². The van der Waals surface area contributed by atoms with Gasteiger partial charge in [0, 0.05) is 19.4 Å². The summed E-state index contributed by atoms with van der Waals surface area (Å²) in [5, 5.41) is 11.2. The molecule has 9 nitrogen and oxygen atoms in total. The van der Waals surface area contributed by atoms with Crippen molar-refractivity contribution in [3.63, 3.8) is 0 Å². The predicted molar refractivity (Wildman–Crippen MR) is 73.8 cm³/mol. The van der Waals surface area contributed by atoms with E-state index in [-0.39, 0.29) is 6.04 Å². The number of hydrogen-bond donors (Lipinski definition) is 3. The molecule has 0 aliphatic carbocycles. The number of nitrogen functional groups attached to an aromatic ring is 1. The van der Waals surface area contributed by atoms with Crippen LogP contribution in [0.4, 0.5) is 11.6 Å². The second-order valence-corrected chi connectivity index (χ2v) is 4.44. The van der Waals surface area contributed by atoms with E-state index in [1.54, 1.807) is 18.7 Å². The van der Waals surface area contributed by atoms with Crippen LogP contribution in [0, 0.1) is 0 Å². The summed E-state index contributed by atoms with van der Waals surface area (Å²) in [6, 6.07) is -0.0662. The molecule has 0 aliphatic rings. The fraction of sp³-hybridized carbons (Fsp3) is 0.273. The van der Waals surface area contributed by atoms with Crippen LogP contribution in [-0.4, -0.2) is 29.1 Å². The maximum atomic E-state index is 5.43. The standard InChI is InChI=1S/C11H15N9/c1-7(10-18-14-6-19(10)2)15-9-11-13-3-4-20(11)5-8(16-9)17-12/h3-7,17H,12H2,1-2H3,(H,15,16). The first-order valence-electron chi connectivity index (χ1n) is 6.10. The van der Waals surface area contributed by atoms with Crippen LogP contribution in [0.1, 0.15) is 18.8 Å². The van der Waals surface area contributed by atoms with Crippen LogP contribution in [0.15, 0.2) is 24.9 Å². The van der Waals surface area contributed by atoms with Gasteiger partial charge in [0.2, 0.25) is 0 Å². The first kappa shape index (κ1) is 12.4. The third-order valence-electron chi connectivity index (χ3n) is 3.01. The van der Waals surface area contributed by atoms with E-state index in [1.807, 2.05) is 29.1 Å². The highest BCUT2D eigenvalue weighted by molar-refractivity contribution is 5.65. The maximum absolute atomic E-state index is 5.43. The summed E-state index contributed by atoms with van der Waals surface area (Å²) in [4.78, 5) is 8.66. The summed E-state index contributed by atoms with van der Waals surface area (Å²) in [6.45, 7) is 1.98. The Balaban J connectivity index is 1.97. The summed E-state index contributed by atoms with van der Waals surface area (Å²) in [5.41, 5.74) is 3.26. The smallest absolute Gasteiger partial charge is 0.180 e. The van der Waals surface area contributed by atoms with E-state index in [0.29, 0.717) is 11.6 Å². The third kappa shape index (κ3) is 2.03. The molecule has 0 aromatic carbocycles. The van der Waals surface area contributed by atoms with E-state index in [0.717, 1.165) is 11.5 Å². The molecule has 1 unspecified atom stereocenters. The summed E-state index contributed by atoms with van der Waals surface area (Å²) in [6.07, 6.45) is 6.95. The van der Waals surface area contributed by atoms with Gasteiger partial charge in [0.15, 0.2) is 23.1 Å². The monoisotopic (exact) mass is 273 g/mol. The lowest BCUT2D eigenvalue weighted by Crippen LogP contribution is -2.16. The van der Waals surface area contributed by atoms with Gasteiger partial charge in [-0.25, -0.2) is 15.8 Å². The molecule has 0 aliphatic heterocycles. The fourth-order valence-corrected chi connectivity index (χ4v) is 2.05. The molecule has 3 heterocycles. The predicted octanol–water partition coefficient (Wildman–Crippen LogP) is 0.316. The molecule has 0 saturated carbocycles. The second-order valence-electron chi connectivity index (χ2n) is 4.44. The molecule has 20 heavy (non-hydrogen) atoms. The molecule has 1 atom stereocenters. The molecular formula is C11H15N9. The van der Waals surface area contributed by atoms with Crippen molar-refractivity contribution in [3.05, 3.63) is 30.7 Å². The van der Waals surface area contributed by atoms with Crippen molar-refractivity contribution in [2.24, 2.45) is 12.9 Å². The lowest BCUT2D eigenvalue weighted by Gasteiger charge is -2.15. The lowest BCUT2D eigenvalue weighted by atomic mass is 10.3. The molecule has 3 rings (SSSR count). The summed E-state index contributed by atoms with van der Waals surface area (Å²) >= 11 is 0. The van der Waals surface area contributed by atoms with E-state index in [1.165, 1.54) is 0 Å². The van der Waals surface area contributed by atoms with Gasteiger partial charge in [0.05, 0.1) is 12.2 Å². The molecule has 104 valence electrons. The van der Waals surface area contributed by atoms with Crippen LogP contribution in [0.2, 0.25) is 0 Å². The number of nitrogens with two attached hydrogens (primary N) is 1. The molecule has 0 spiro atoms. The van der Waals surface area contributed by atoms with Crippen LogP contribution in [0.3, 0.4) is 0 Å². The molecule has 0 amide bonds. The van der Waals surface area contributed by atoms with Crippen molar-refractivity contribution < 1.29 is 0 Å². The van der Waals surface area contributed by atoms with Gasteiger partial charge in [-0.2, -0.15) is 0 Å². The number of nitrogens with zero attached hydrogens (tertiary/aromatic N) is 6. The van der Waals surface area contributed by atoms with E-state index in [4.69, 9.17) is 5.84 Å². The number of anilines is 2. The zero-order valence-electron chi connectivity index (χ0n) is 11.1. The van der Waals surface area contributed by atoms with Crippen LogP contribution >= 0.6 is 0 Å². The molecule has 4 N–H and O–H groups in total. The van der Waals surface area contributed by atoms with Gasteiger partial charge in [-0.15, -0.1) is 10.2 Å². The number of aryl methyl sites for hydroxylation is 1. The summed E-state index contributed by atoms with van der Waals surface area (Å²) < 4.78 is 3.69. The van der Waals surface area contributed by atoms with Gasteiger partial charge < -0.3 is 19.7 Å². The van der Waals surface area contributed by atoms with Crippen LogP contribution < -0.4 is 16.6 Å². The van der Waals surface area contributed by atoms with Gasteiger partial charge in [0.1, 0.15) is 6.33 Å². The Hall–Kier alpha value is -2.68. The van der Waals surface area contributed by atoms with Crippen molar-refractivity contribution in [2.45, 2.75) is 13.0 Å². The number of fused-ring (bicyclic) bond motifs is 1. The lowest BCUT2D eigenvalue weighted by molar-refractivity contribution is 0.716. The highest BCUT2D eigenvalue weighted by Crippen LogP contribution is 2.20. The molecule has 3 aromatic heterocycles. The minimum Gasteiger partial charge on any atom is -0.357 e. The average molecular weight is 273 g/mol. The zero-order valence-corrected chi connectivity index (χ0v) is 11.1. The van der Waals surface area contributed by atoms with Crippen molar-refractivity contribution in [1.82, 2.24) is 29.1 Å². The fourth-order valence-electron chi connectivity index (χ4n) is 2.05. The Morgan fingerprint density at radius 2 is 2.25 bits per heavy atom. The summed E-state index contributed by atoms with van der Waals surface area (Å²) in [7, 11) is 1.89. The van der Waals surface area contributed by atoms with E-state index in [2.05, 4.69) is 30.9 Å². The minimum absolute atomic E-state index is 0.0662. The van der Waals surface area contributed by atoms with Gasteiger partial charge in [-0.3, -0.25) is 0 Å². The van der Waals surface area contributed by atoms with Crippen molar-refractivity contribution in [3.8, 4) is 0 Å². The number of imidazole rings is 1. The molecule has 3 aromatic rings. The molecule has 0 radical (unpaired) electrons. The Labute approximate surface area is 114 Å². The van der Waals surface area contributed by atoms with Crippen molar-refractivity contribution in [1.29, 1.82) is 0 Å². The molecule has 0 saturated heterocycles. The highest BCUT2D eigenvalue weighted by Gasteiger charge is 2.15. The summed E-state index contributed by atoms with van der Waals surface area (Å²) in [5.74, 6) is 7.41. The number of rotatable bonds is 4. The Morgan fingerprint density at radius 1 is 1.40 bits per heavy atom. The van der Waals surface area contributed by atoms with Crippen molar-refractivity contribution >= 4 is 17.3 Å². The van der Waals surface area contributed by atoms with Crippen LogP contribution in [0.25, 0.3) is 5.65 Å². The van der Waals surface area contributed by atoms with Crippen LogP contribution in [0.5, 0.6) is 0 Å². The minimum atomic E-state index is -0.0662. The Bertz CT molecular complexity index is 728. The zero-order chi connectivity index (χ0) is 14.1. The largest absolute Gasteiger partial charge is 0.357 e. The van der Waals surface area contributed by atoms with E-state index < -0.39 is 0 Å². The number of aromatic nitrogens is 6. The SMILES string of the molecule is CC(Nc1nc(NN)cn2ccnc12)c1nncn1C. The second kappa shape index (κ2) is 4.78.